The van der Waals surface area contributed by atoms with Crippen LogP contribution in [-0.2, 0) is 5.41 Å². The molecule has 0 aliphatic heterocycles. The highest BCUT2D eigenvalue weighted by Crippen LogP contribution is 2.53. The molecule has 1 fully saturated rings. The van der Waals surface area contributed by atoms with Gasteiger partial charge in [0.25, 0.3) is 6.43 Å². The molecule has 0 spiro atoms. The van der Waals surface area contributed by atoms with Crippen molar-refractivity contribution >= 4 is 17.3 Å². The average molecular weight is 484 g/mol. The number of unbranched alkanes of at least 4 members (excludes halogenated alkanes) is 5. The maximum atomic E-state index is 16.1. The number of carbonyl (C=O) groups is 1. The summed E-state index contributed by atoms with van der Waals surface area (Å²) in [5.41, 5.74) is -2.03. The van der Waals surface area contributed by atoms with Crippen molar-refractivity contribution in [1.82, 2.24) is 0 Å². The smallest absolute Gasteiger partial charge is 0.264 e. The van der Waals surface area contributed by atoms with Crippen LogP contribution in [0.2, 0.25) is 0 Å². The molecule has 0 saturated heterocycles. The van der Waals surface area contributed by atoms with Gasteiger partial charge in [-0.1, -0.05) is 69.7 Å². The van der Waals surface area contributed by atoms with Crippen LogP contribution in [0.1, 0.15) is 97.5 Å². The first-order chi connectivity index (χ1) is 15.8. The van der Waals surface area contributed by atoms with Crippen LogP contribution in [0, 0.1) is 5.92 Å². The molecule has 4 unspecified atom stereocenters. The number of carboxylic acid groups (broad SMARTS) is 1. The second-order valence-corrected chi connectivity index (χ2v) is 9.96. The number of benzene rings is 1. The fourth-order valence-electron chi connectivity index (χ4n) is 5.14. The molecule has 2 nitrogen and oxygen atoms in total. The van der Waals surface area contributed by atoms with Crippen LogP contribution in [0.25, 0.3) is 0 Å². The number of rotatable bonds is 11. The zero-order valence-corrected chi connectivity index (χ0v) is 19.7. The molecule has 182 valence electrons. The maximum absolute atomic E-state index is 16.1. The van der Waals surface area contributed by atoms with E-state index in [1.165, 1.54) is 36.1 Å². The van der Waals surface area contributed by atoms with Crippen LogP contribution in [0.4, 0.5) is 17.6 Å². The molecule has 7 heteroatoms. The molecule has 1 aromatic carbocycles. The molecule has 0 N–H and O–H groups in total. The van der Waals surface area contributed by atoms with Gasteiger partial charge in [-0.3, -0.25) is 0 Å². The fourth-order valence-corrected chi connectivity index (χ4v) is 6.31. The molecule has 1 saturated carbocycles. The van der Waals surface area contributed by atoms with E-state index in [1.807, 2.05) is 0 Å². The van der Waals surface area contributed by atoms with Gasteiger partial charge in [0.1, 0.15) is 12.3 Å². The third-order valence-electron chi connectivity index (χ3n) is 6.98. The van der Waals surface area contributed by atoms with Crippen molar-refractivity contribution in [3.8, 4) is 0 Å². The largest absolute Gasteiger partial charge is 0.545 e. The van der Waals surface area contributed by atoms with Crippen molar-refractivity contribution in [3.05, 3.63) is 57.3 Å². The molecule has 2 aromatic rings. The van der Waals surface area contributed by atoms with E-state index in [0.29, 0.717) is 12.8 Å². The topological polar surface area (TPSA) is 40.1 Å². The molecule has 0 amide bonds. The number of halogens is 4. The Morgan fingerprint density at radius 1 is 1.15 bits per heavy atom. The summed E-state index contributed by atoms with van der Waals surface area (Å²) in [5, 5.41) is 13.1. The van der Waals surface area contributed by atoms with E-state index in [4.69, 9.17) is 0 Å². The summed E-state index contributed by atoms with van der Waals surface area (Å²) in [7, 11) is 0. The van der Waals surface area contributed by atoms with Crippen LogP contribution >= 0.6 is 11.3 Å². The lowest BCUT2D eigenvalue weighted by atomic mass is 9.62. The van der Waals surface area contributed by atoms with Crippen LogP contribution in [-0.4, -0.2) is 18.3 Å². The summed E-state index contributed by atoms with van der Waals surface area (Å²) in [6.45, 7) is 2.14. The van der Waals surface area contributed by atoms with E-state index in [9.17, 15) is 18.7 Å². The zero-order chi connectivity index (χ0) is 24.0. The number of alkyl halides is 4. The third-order valence-corrected chi connectivity index (χ3v) is 8.10. The van der Waals surface area contributed by atoms with Crippen LogP contribution in [0.15, 0.2) is 35.7 Å². The lowest BCUT2D eigenvalue weighted by molar-refractivity contribution is -0.255. The first kappa shape index (κ1) is 25.7. The molecule has 1 heterocycles. The predicted molar refractivity (Wildman–Crippen MR) is 121 cm³/mol. The number of aromatic carboxylic acids is 1. The van der Waals surface area contributed by atoms with Gasteiger partial charge in [0.05, 0.1) is 11.4 Å². The molecule has 3 rings (SSSR count). The summed E-state index contributed by atoms with van der Waals surface area (Å²) < 4.78 is 58.2. The molecule has 4 atom stereocenters. The van der Waals surface area contributed by atoms with Crippen molar-refractivity contribution in [1.29, 1.82) is 0 Å². The van der Waals surface area contributed by atoms with E-state index < -0.39 is 36.1 Å². The normalized spacial score (nSPS) is 25.5. The number of hydrogen-bond donors (Lipinski definition) is 0. The lowest BCUT2D eigenvalue weighted by Crippen LogP contribution is -2.51. The SMILES string of the molecule is CCCCCCCCC1CCC(c2cc(C(F)F)cs2)(c2ccccc2C(=O)[O-])C(F)C1F. The Labute approximate surface area is 197 Å². The highest BCUT2D eigenvalue weighted by molar-refractivity contribution is 7.10. The van der Waals surface area contributed by atoms with Gasteiger partial charge in [0.15, 0.2) is 0 Å². The highest BCUT2D eigenvalue weighted by Gasteiger charge is 2.54. The minimum atomic E-state index is -2.74. The van der Waals surface area contributed by atoms with Gasteiger partial charge in [-0.15, -0.1) is 11.3 Å². The Kier molecular flexibility index (Phi) is 8.96. The Morgan fingerprint density at radius 3 is 2.52 bits per heavy atom. The Bertz CT molecular complexity index is 915. The summed E-state index contributed by atoms with van der Waals surface area (Å²) in [4.78, 5) is 12.0. The van der Waals surface area contributed by atoms with Crippen LogP contribution < -0.4 is 5.11 Å². The van der Waals surface area contributed by atoms with E-state index in [-0.39, 0.29) is 28.0 Å². The number of hydrogen-bond acceptors (Lipinski definition) is 3. The van der Waals surface area contributed by atoms with Gasteiger partial charge < -0.3 is 9.90 Å². The van der Waals surface area contributed by atoms with Crippen molar-refractivity contribution in [3.63, 3.8) is 0 Å². The fraction of sp³-hybridized carbons (Fsp3) is 0.577. The standard InChI is InChI=1S/C26H32F4O2S/c1-2-3-4-5-6-7-10-17-13-14-26(23(28)22(17)27,21-15-18(16-33-21)24(29)30)20-12-9-8-11-19(20)25(31)32/h8-9,11-12,15-17,22-24H,2-7,10,13-14H2,1H3,(H,31,32)/p-1. The van der Waals surface area contributed by atoms with Crippen LogP contribution in [0.5, 0.6) is 0 Å². The quantitative estimate of drug-likeness (QED) is 0.251. The Hall–Kier alpha value is -1.89. The summed E-state index contributed by atoms with van der Waals surface area (Å²) in [6, 6.07) is 7.02. The van der Waals surface area contributed by atoms with Crippen molar-refractivity contribution in [2.24, 2.45) is 5.92 Å². The maximum Gasteiger partial charge on any atom is 0.264 e. The molecule has 1 aromatic heterocycles. The van der Waals surface area contributed by atoms with Gasteiger partial charge in [-0.25, -0.2) is 17.6 Å². The van der Waals surface area contributed by atoms with Gasteiger partial charge in [-0.2, -0.15) is 0 Å². The highest BCUT2D eigenvalue weighted by atomic mass is 32.1. The van der Waals surface area contributed by atoms with Crippen molar-refractivity contribution in [2.45, 2.75) is 88.9 Å². The summed E-state index contributed by atoms with van der Waals surface area (Å²) in [6.07, 6.45) is 0.814. The predicted octanol–water partition coefficient (Wildman–Crippen LogP) is 7.17. The van der Waals surface area contributed by atoms with Gasteiger partial charge >= 0.3 is 0 Å². The molecule has 0 bridgehead atoms. The van der Waals surface area contributed by atoms with Gasteiger partial charge in [-0.05, 0) is 42.2 Å². The Morgan fingerprint density at radius 2 is 1.85 bits per heavy atom. The molecule has 1 aliphatic carbocycles. The van der Waals surface area contributed by atoms with Crippen molar-refractivity contribution < 1.29 is 27.5 Å². The third kappa shape index (κ3) is 5.44. The van der Waals surface area contributed by atoms with E-state index in [0.717, 1.165) is 43.4 Å². The molecular weight excluding hydrogens is 452 g/mol. The molecule has 33 heavy (non-hydrogen) atoms. The average Bonchev–Trinajstić information content (AvgIpc) is 3.30. The minimum absolute atomic E-state index is 0.0980. The molecular formula is C26H31F4O2S-. The second-order valence-electron chi connectivity index (χ2n) is 9.05. The lowest BCUT2D eigenvalue weighted by Gasteiger charge is -2.45. The monoisotopic (exact) mass is 483 g/mol. The van der Waals surface area contributed by atoms with Gasteiger partial charge in [0, 0.05) is 16.0 Å². The number of carbonyl (C=O) groups excluding carboxylic acids is 1. The summed E-state index contributed by atoms with van der Waals surface area (Å²) in [5.74, 6) is -1.96. The minimum Gasteiger partial charge on any atom is -0.545 e. The second kappa shape index (κ2) is 11.5. The van der Waals surface area contributed by atoms with Crippen LogP contribution in [0.3, 0.4) is 0 Å². The summed E-state index contributed by atoms with van der Waals surface area (Å²) >= 11 is 0.935. The van der Waals surface area contributed by atoms with E-state index in [2.05, 4.69) is 6.92 Å². The first-order valence-corrected chi connectivity index (χ1v) is 12.7. The van der Waals surface area contributed by atoms with Crippen molar-refractivity contribution in [2.75, 3.05) is 0 Å². The zero-order valence-electron chi connectivity index (χ0n) is 18.9. The Balaban J connectivity index is 1.91. The molecule has 0 radical (unpaired) electrons. The van der Waals surface area contributed by atoms with E-state index >= 15 is 8.78 Å². The molecule has 1 aliphatic rings. The van der Waals surface area contributed by atoms with Gasteiger partial charge in [0.2, 0.25) is 0 Å². The number of thiophene rings is 1. The number of carboxylic acids is 1. The van der Waals surface area contributed by atoms with E-state index in [1.54, 1.807) is 6.07 Å². The first-order valence-electron chi connectivity index (χ1n) is 11.8.